The molecule has 0 aromatic carbocycles. The van der Waals surface area contributed by atoms with E-state index in [0.717, 1.165) is 11.5 Å². The molecule has 7 heteroatoms. The van der Waals surface area contributed by atoms with Crippen molar-refractivity contribution in [2.75, 3.05) is 11.9 Å². The highest BCUT2D eigenvalue weighted by molar-refractivity contribution is 7.10. The molecular formula is C12H19N3O3S. The van der Waals surface area contributed by atoms with Crippen LogP contribution in [0.2, 0.25) is 0 Å². The van der Waals surface area contributed by atoms with Gasteiger partial charge in [0.1, 0.15) is 16.6 Å². The summed E-state index contributed by atoms with van der Waals surface area (Å²) >= 11 is 1.05. The lowest BCUT2D eigenvalue weighted by Gasteiger charge is -2.15. The van der Waals surface area contributed by atoms with Gasteiger partial charge in [0.15, 0.2) is 0 Å². The third-order valence-electron chi connectivity index (χ3n) is 2.50. The molecule has 3 N–H and O–H groups in total. The normalized spacial score (nSPS) is 12.3. The number of aryl methyl sites for hydroxylation is 1. The van der Waals surface area contributed by atoms with Crippen molar-refractivity contribution in [3.05, 3.63) is 11.3 Å². The number of carbonyl (C=O) groups is 2. The standard InChI is InChI=1S/C12H19N3O3S/c1-6(2)5-13-10(16)8(4)14-11-9(12(17)18)7(3)15-19-11/h6,8,14H,5H2,1-4H3,(H,13,16)(H,17,18). The van der Waals surface area contributed by atoms with Crippen LogP contribution in [0.4, 0.5) is 5.00 Å². The quantitative estimate of drug-likeness (QED) is 0.740. The molecule has 0 spiro atoms. The summed E-state index contributed by atoms with van der Waals surface area (Å²) in [6, 6.07) is -0.503. The molecule has 1 heterocycles. The number of nitrogens with zero attached hydrogens (tertiary/aromatic N) is 1. The average Bonchev–Trinajstić information content (AvgIpc) is 2.67. The number of carboxylic acids is 1. The summed E-state index contributed by atoms with van der Waals surface area (Å²) in [6.07, 6.45) is 0. The van der Waals surface area contributed by atoms with Gasteiger partial charge in [0.2, 0.25) is 5.91 Å². The SMILES string of the molecule is Cc1nsc(NC(C)C(=O)NCC(C)C)c1C(=O)O. The van der Waals surface area contributed by atoms with Crippen LogP contribution in [0.5, 0.6) is 0 Å². The van der Waals surface area contributed by atoms with Crippen molar-refractivity contribution >= 4 is 28.4 Å². The molecule has 0 radical (unpaired) electrons. The van der Waals surface area contributed by atoms with Crippen LogP contribution in [-0.2, 0) is 4.79 Å². The largest absolute Gasteiger partial charge is 0.478 e. The van der Waals surface area contributed by atoms with Crippen molar-refractivity contribution in [2.45, 2.75) is 33.7 Å². The van der Waals surface area contributed by atoms with Crippen LogP contribution in [0.25, 0.3) is 0 Å². The van der Waals surface area contributed by atoms with E-state index in [4.69, 9.17) is 5.11 Å². The molecule has 0 saturated carbocycles. The molecule has 106 valence electrons. The van der Waals surface area contributed by atoms with E-state index in [1.807, 2.05) is 13.8 Å². The van der Waals surface area contributed by atoms with Crippen LogP contribution in [0.3, 0.4) is 0 Å². The van der Waals surface area contributed by atoms with Gasteiger partial charge in [-0.2, -0.15) is 4.37 Å². The second-order valence-electron chi connectivity index (χ2n) is 4.78. The molecule has 1 atom stereocenters. The van der Waals surface area contributed by atoms with Gasteiger partial charge in [-0.3, -0.25) is 4.79 Å². The number of anilines is 1. The lowest BCUT2D eigenvalue weighted by atomic mass is 10.2. The van der Waals surface area contributed by atoms with Crippen LogP contribution in [0.15, 0.2) is 0 Å². The molecule has 0 aliphatic rings. The summed E-state index contributed by atoms with van der Waals surface area (Å²) in [7, 11) is 0. The minimum atomic E-state index is -1.04. The second kappa shape index (κ2) is 6.51. The Kier molecular flexibility index (Phi) is 5.29. The van der Waals surface area contributed by atoms with Crippen molar-refractivity contribution in [1.29, 1.82) is 0 Å². The first-order valence-electron chi connectivity index (χ1n) is 6.06. The Morgan fingerprint density at radius 3 is 2.53 bits per heavy atom. The predicted octanol–water partition coefficient (Wildman–Crippen LogP) is 1.72. The van der Waals surface area contributed by atoms with Crippen molar-refractivity contribution in [1.82, 2.24) is 9.69 Å². The van der Waals surface area contributed by atoms with E-state index in [-0.39, 0.29) is 11.5 Å². The smallest absolute Gasteiger partial charge is 0.340 e. The molecule has 6 nitrogen and oxygen atoms in total. The molecule has 1 rings (SSSR count). The zero-order valence-corrected chi connectivity index (χ0v) is 12.3. The minimum Gasteiger partial charge on any atom is -0.478 e. The van der Waals surface area contributed by atoms with Crippen molar-refractivity contribution in [3.63, 3.8) is 0 Å². The van der Waals surface area contributed by atoms with E-state index in [0.29, 0.717) is 23.2 Å². The van der Waals surface area contributed by atoms with Gasteiger partial charge in [-0.05, 0) is 31.3 Å². The monoisotopic (exact) mass is 285 g/mol. The average molecular weight is 285 g/mol. The summed E-state index contributed by atoms with van der Waals surface area (Å²) in [5.41, 5.74) is 0.586. The minimum absolute atomic E-state index is 0.133. The van der Waals surface area contributed by atoms with Crippen molar-refractivity contribution < 1.29 is 14.7 Å². The van der Waals surface area contributed by atoms with Crippen LogP contribution in [-0.4, -0.2) is 33.9 Å². The fourth-order valence-electron chi connectivity index (χ4n) is 1.44. The van der Waals surface area contributed by atoms with Crippen LogP contribution in [0.1, 0.15) is 36.8 Å². The zero-order chi connectivity index (χ0) is 14.6. The predicted molar refractivity (Wildman–Crippen MR) is 74.7 cm³/mol. The molecule has 0 fully saturated rings. The maximum absolute atomic E-state index is 11.8. The second-order valence-corrected chi connectivity index (χ2v) is 5.56. The Hall–Kier alpha value is -1.63. The lowest BCUT2D eigenvalue weighted by molar-refractivity contribution is -0.121. The molecule has 1 aromatic rings. The van der Waals surface area contributed by atoms with Crippen molar-refractivity contribution in [3.8, 4) is 0 Å². The van der Waals surface area contributed by atoms with Gasteiger partial charge >= 0.3 is 5.97 Å². The molecule has 0 saturated heterocycles. The van der Waals surface area contributed by atoms with Gasteiger partial charge in [0, 0.05) is 6.54 Å². The summed E-state index contributed by atoms with van der Waals surface area (Å²) in [4.78, 5) is 22.9. The number of hydrogen-bond donors (Lipinski definition) is 3. The fraction of sp³-hybridized carbons (Fsp3) is 0.583. The lowest BCUT2D eigenvalue weighted by Crippen LogP contribution is -2.39. The summed E-state index contributed by atoms with van der Waals surface area (Å²) in [6.45, 7) is 7.93. The topological polar surface area (TPSA) is 91.3 Å². The number of carboxylic acid groups (broad SMARTS) is 1. The zero-order valence-electron chi connectivity index (χ0n) is 11.5. The Morgan fingerprint density at radius 2 is 2.00 bits per heavy atom. The van der Waals surface area contributed by atoms with E-state index < -0.39 is 12.0 Å². The highest BCUT2D eigenvalue weighted by atomic mass is 32.1. The maximum atomic E-state index is 11.8. The Balaban J connectivity index is 2.69. The number of nitrogens with one attached hydrogen (secondary N) is 2. The number of rotatable bonds is 6. The van der Waals surface area contributed by atoms with Gasteiger partial charge < -0.3 is 15.7 Å². The number of carbonyl (C=O) groups excluding carboxylic acids is 1. The number of amides is 1. The molecule has 1 aromatic heterocycles. The van der Waals surface area contributed by atoms with Crippen LogP contribution in [0, 0.1) is 12.8 Å². The molecule has 1 unspecified atom stereocenters. The van der Waals surface area contributed by atoms with Gasteiger partial charge in [0.05, 0.1) is 5.69 Å². The van der Waals surface area contributed by atoms with Gasteiger partial charge in [-0.15, -0.1) is 0 Å². The van der Waals surface area contributed by atoms with E-state index >= 15 is 0 Å². The Labute approximate surface area is 116 Å². The molecule has 0 bridgehead atoms. The summed E-state index contributed by atoms with van der Waals surface area (Å²) in [5, 5.41) is 15.2. The first kappa shape index (κ1) is 15.4. The molecular weight excluding hydrogens is 266 g/mol. The highest BCUT2D eigenvalue weighted by Crippen LogP contribution is 2.25. The first-order valence-corrected chi connectivity index (χ1v) is 6.84. The van der Waals surface area contributed by atoms with Crippen molar-refractivity contribution in [2.24, 2.45) is 5.92 Å². The first-order chi connectivity index (χ1) is 8.82. The van der Waals surface area contributed by atoms with E-state index in [2.05, 4.69) is 15.0 Å². The molecule has 0 aliphatic carbocycles. The molecule has 0 aliphatic heterocycles. The van der Waals surface area contributed by atoms with Gasteiger partial charge in [-0.1, -0.05) is 13.8 Å². The summed E-state index contributed by atoms with van der Waals surface area (Å²) in [5.74, 6) is -0.823. The van der Waals surface area contributed by atoms with Crippen LogP contribution >= 0.6 is 11.5 Å². The number of aromatic carboxylic acids is 1. The number of hydrogen-bond acceptors (Lipinski definition) is 5. The third kappa shape index (κ3) is 4.20. The van der Waals surface area contributed by atoms with E-state index in [1.165, 1.54) is 0 Å². The maximum Gasteiger partial charge on any atom is 0.340 e. The summed E-state index contributed by atoms with van der Waals surface area (Å²) < 4.78 is 3.99. The van der Waals surface area contributed by atoms with E-state index in [9.17, 15) is 9.59 Å². The van der Waals surface area contributed by atoms with E-state index in [1.54, 1.807) is 13.8 Å². The third-order valence-corrected chi connectivity index (χ3v) is 3.37. The molecule has 1 amide bonds. The van der Waals surface area contributed by atoms with Crippen LogP contribution < -0.4 is 10.6 Å². The Morgan fingerprint density at radius 1 is 1.37 bits per heavy atom. The van der Waals surface area contributed by atoms with Gasteiger partial charge in [-0.25, -0.2) is 4.79 Å². The highest BCUT2D eigenvalue weighted by Gasteiger charge is 2.21. The fourth-order valence-corrected chi connectivity index (χ4v) is 2.32. The molecule has 19 heavy (non-hydrogen) atoms. The van der Waals surface area contributed by atoms with Gasteiger partial charge in [0.25, 0.3) is 0 Å². The number of aromatic nitrogens is 1. The Bertz CT molecular complexity index is 471.